The Balaban J connectivity index is 1.44. The molecule has 0 aliphatic carbocycles. The summed E-state index contributed by atoms with van der Waals surface area (Å²) in [7, 11) is 0. The number of anilines is 2. The van der Waals surface area contributed by atoms with Gasteiger partial charge in [-0.3, -0.25) is 19.5 Å². The zero-order valence-electron chi connectivity index (χ0n) is 18.0. The SMILES string of the molecule is O=c1c2ccccc2nc(N2CCN(c3ccc([N+](=O)[O-])cc3)CC2)n1Cc1ccccc1. The van der Waals surface area contributed by atoms with Crippen LogP contribution in [0.4, 0.5) is 17.3 Å². The molecule has 1 fully saturated rings. The van der Waals surface area contributed by atoms with Gasteiger partial charge in [-0.15, -0.1) is 0 Å². The molecule has 0 radical (unpaired) electrons. The molecule has 1 aromatic heterocycles. The molecule has 3 aromatic carbocycles. The van der Waals surface area contributed by atoms with E-state index in [1.807, 2.05) is 54.6 Å². The smallest absolute Gasteiger partial charge is 0.269 e. The summed E-state index contributed by atoms with van der Waals surface area (Å²) < 4.78 is 1.76. The van der Waals surface area contributed by atoms with E-state index in [0.29, 0.717) is 36.5 Å². The summed E-state index contributed by atoms with van der Waals surface area (Å²) in [5.41, 5.74) is 2.73. The number of hydrogen-bond acceptors (Lipinski definition) is 6. The Bertz CT molecular complexity index is 1340. The number of aromatic nitrogens is 2. The van der Waals surface area contributed by atoms with Crippen molar-refractivity contribution < 1.29 is 4.92 Å². The molecule has 2 heterocycles. The van der Waals surface area contributed by atoms with Crippen molar-refractivity contribution >= 4 is 28.2 Å². The summed E-state index contributed by atoms with van der Waals surface area (Å²) >= 11 is 0. The highest BCUT2D eigenvalue weighted by Gasteiger charge is 2.23. The summed E-state index contributed by atoms with van der Waals surface area (Å²) in [6.45, 7) is 3.29. The van der Waals surface area contributed by atoms with E-state index in [0.717, 1.165) is 24.3 Å². The standard InChI is InChI=1S/C25H23N5O3/c31-24-22-8-4-5-9-23(22)26-25(29(24)18-19-6-2-1-3-7-19)28-16-14-27(15-17-28)20-10-12-21(13-11-20)30(32)33/h1-13H,14-18H2. The molecule has 1 aliphatic rings. The van der Waals surface area contributed by atoms with Gasteiger partial charge in [0.1, 0.15) is 0 Å². The zero-order chi connectivity index (χ0) is 22.8. The second kappa shape index (κ2) is 8.74. The third-order valence-corrected chi connectivity index (χ3v) is 6.01. The van der Waals surface area contributed by atoms with E-state index in [1.54, 1.807) is 16.7 Å². The minimum absolute atomic E-state index is 0.0442. The first kappa shape index (κ1) is 20.7. The van der Waals surface area contributed by atoms with Crippen LogP contribution in [0.25, 0.3) is 10.9 Å². The predicted octanol–water partition coefficient (Wildman–Crippen LogP) is 3.68. The maximum absolute atomic E-state index is 13.4. The highest BCUT2D eigenvalue weighted by atomic mass is 16.6. The third kappa shape index (κ3) is 4.15. The van der Waals surface area contributed by atoms with E-state index < -0.39 is 0 Å². The average molecular weight is 441 g/mol. The van der Waals surface area contributed by atoms with Gasteiger partial charge in [0.05, 0.1) is 22.4 Å². The number of nitro benzene ring substituents is 1. The van der Waals surface area contributed by atoms with E-state index in [9.17, 15) is 14.9 Å². The molecule has 0 amide bonds. The maximum Gasteiger partial charge on any atom is 0.269 e. The summed E-state index contributed by atoms with van der Waals surface area (Å²) in [5.74, 6) is 0.672. The molecule has 0 unspecified atom stereocenters. The fraction of sp³-hybridized carbons (Fsp3) is 0.200. The van der Waals surface area contributed by atoms with Gasteiger partial charge in [-0.2, -0.15) is 0 Å². The topological polar surface area (TPSA) is 84.5 Å². The predicted molar refractivity (Wildman–Crippen MR) is 129 cm³/mol. The Hall–Kier alpha value is -4.20. The lowest BCUT2D eigenvalue weighted by Crippen LogP contribution is -2.48. The van der Waals surface area contributed by atoms with Crippen LogP contribution < -0.4 is 15.4 Å². The molecule has 4 aromatic rings. The number of fused-ring (bicyclic) bond motifs is 1. The highest BCUT2D eigenvalue weighted by Crippen LogP contribution is 2.23. The lowest BCUT2D eigenvalue weighted by Gasteiger charge is -2.37. The molecule has 5 rings (SSSR count). The number of para-hydroxylation sites is 1. The van der Waals surface area contributed by atoms with Crippen molar-refractivity contribution in [3.63, 3.8) is 0 Å². The van der Waals surface area contributed by atoms with Crippen molar-refractivity contribution in [1.82, 2.24) is 9.55 Å². The molecule has 0 saturated carbocycles. The largest absolute Gasteiger partial charge is 0.368 e. The Kier molecular flexibility index (Phi) is 5.48. The number of nitro groups is 1. The summed E-state index contributed by atoms with van der Waals surface area (Å²) in [4.78, 5) is 33.2. The van der Waals surface area contributed by atoms with Crippen LogP contribution in [0, 0.1) is 10.1 Å². The van der Waals surface area contributed by atoms with Crippen molar-refractivity contribution in [2.24, 2.45) is 0 Å². The van der Waals surface area contributed by atoms with Crippen LogP contribution in [0.3, 0.4) is 0 Å². The number of non-ortho nitro benzene ring substituents is 1. The fourth-order valence-corrected chi connectivity index (χ4v) is 4.26. The fourth-order valence-electron chi connectivity index (χ4n) is 4.26. The quantitative estimate of drug-likeness (QED) is 0.347. The van der Waals surface area contributed by atoms with Gasteiger partial charge in [-0.1, -0.05) is 42.5 Å². The maximum atomic E-state index is 13.4. The number of piperazine rings is 1. The van der Waals surface area contributed by atoms with E-state index in [1.165, 1.54) is 12.1 Å². The molecule has 0 N–H and O–H groups in total. The highest BCUT2D eigenvalue weighted by molar-refractivity contribution is 5.78. The molecule has 0 atom stereocenters. The minimum Gasteiger partial charge on any atom is -0.368 e. The number of benzene rings is 3. The monoisotopic (exact) mass is 441 g/mol. The van der Waals surface area contributed by atoms with E-state index >= 15 is 0 Å². The number of hydrogen-bond donors (Lipinski definition) is 0. The number of nitrogens with zero attached hydrogens (tertiary/aromatic N) is 5. The van der Waals surface area contributed by atoms with Gasteiger partial charge in [0.15, 0.2) is 0 Å². The van der Waals surface area contributed by atoms with Crippen LogP contribution in [0.15, 0.2) is 83.7 Å². The molecule has 33 heavy (non-hydrogen) atoms. The van der Waals surface area contributed by atoms with Gasteiger partial charge >= 0.3 is 0 Å². The van der Waals surface area contributed by atoms with Crippen LogP contribution >= 0.6 is 0 Å². The Morgan fingerprint density at radius 2 is 1.45 bits per heavy atom. The van der Waals surface area contributed by atoms with E-state index in [4.69, 9.17) is 4.98 Å². The first-order valence-electron chi connectivity index (χ1n) is 10.9. The summed E-state index contributed by atoms with van der Waals surface area (Å²) in [6, 6.07) is 24.0. The van der Waals surface area contributed by atoms with Crippen LogP contribution in [0.5, 0.6) is 0 Å². The van der Waals surface area contributed by atoms with Gasteiger partial charge in [-0.25, -0.2) is 4.98 Å². The molecular weight excluding hydrogens is 418 g/mol. The summed E-state index contributed by atoms with van der Waals surface area (Å²) in [5, 5.41) is 11.5. The third-order valence-electron chi connectivity index (χ3n) is 6.01. The lowest BCUT2D eigenvalue weighted by molar-refractivity contribution is -0.384. The molecular formula is C25H23N5O3. The van der Waals surface area contributed by atoms with Crippen LogP contribution in [0.1, 0.15) is 5.56 Å². The van der Waals surface area contributed by atoms with Gasteiger partial charge in [0, 0.05) is 44.0 Å². The van der Waals surface area contributed by atoms with Crippen molar-refractivity contribution in [3.8, 4) is 0 Å². The average Bonchev–Trinajstić information content (AvgIpc) is 2.86. The van der Waals surface area contributed by atoms with Crippen molar-refractivity contribution in [1.29, 1.82) is 0 Å². The zero-order valence-corrected chi connectivity index (χ0v) is 18.0. The Morgan fingerprint density at radius 3 is 2.15 bits per heavy atom. The first-order chi connectivity index (χ1) is 16.1. The molecule has 1 saturated heterocycles. The first-order valence-corrected chi connectivity index (χ1v) is 10.9. The minimum atomic E-state index is -0.390. The summed E-state index contributed by atoms with van der Waals surface area (Å²) in [6.07, 6.45) is 0. The van der Waals surface area contributed by atoms with Crippen molar-refractivity contribution in [2.45, 2.75) is 6.54 Å². The van der Waals surface area contributed by atoms with Gasteiger partial charge < -0.3 is 9.80 Å². The molecule has 0 spiro atoms. The molecule has 8 nitrogen and oxygen atoms in total. The van der Waals surface area contributed by atoms with Crippen LogP contribution in [-0.2, 0) is 6.54 Å². The van der Waals surface area contributed by atoms with E-state index in [2.05, 4.69) is 9.80 Å². The molecule has 166 valence electrons. The molecule has 1 aliphatic heterocycles. The second-order valence-electron chi connectivity index (χ2n) is 8.05. The lowest BCUT2D eigenvalue weighted by atomic mass is 10.2. The molecule has 0 bridgehead atoms. The number of rotatable bonds is 5. The van der Waals surface area contributed by atoms with Crippen LogP contribution in [-0.4, -0.2) is 40.7 Å². The normalized spacial score (nSPS) is 13.9. The van der Waals surface area contributed by atoms with Crippen LogP contribution in [0.2, 0.25) is 0 Å². The van der Waals surface area contributed by atoms with Crippen molar-refractivity contribution in [3.05, 3.63) is 105 Å². The molecule has 8 heteroatoms. The Labute approximate surface area is 190 Å². The van der Waals surface area contributed by atoms with Gasteiger partial charge in [0.2, 0.25) is 5.95 Å². The van der Waals surface area contributed by atoms with E-state index in [-0.39, 0.29) is 16.2 Å². The van der Waals surface area contributed by atoms with Gasteiger partial charge in [0.25, 0.3) is 11.2 Å². The Morgan fingerprint density at radius 1 is 0.818 bits per heavy atom. The second-order valence-corrected chi connectivity index (χ2v) is 8.05. The van der Waals surface area contributed by atoms with Gasteiger partial charge in [-0.05, 0) is 29.8 Å². The van der Waals surface area contributed by atoms with Crippen molar-refractivity contribution in [2.75, 3.05) is 36.0 Å².